The fraction of sp³-hybridized carbons (Fsp3) is 0.643. The second-order valence-corrected chi connectivity index (χ2v) is 4.55. The highest BCUT2D eigenvalue weighted by Crippen LogP contribution is 2.30. The molecule has 1 aliphatic heterocycles. The summed E-state index contributed by atoms with van der Waals surface area (Å²) in [4.78, 5) is 33.6. The first-order valence-corrected chi connectivity index (χ1v) is 6.46. The van der Waals surface area contributed by atoms with Crippen LogP contribution in [0.5, 0.6) is 0 Å². The number of carbonyl (C=O) groups excluding carboxylic acids is 3. The molecule has 1 heterocycles. The molecule has 0 spiro atoms. The topological polar surface area (TPSA) is 97.4 Å². The second kappa shape index (κ2) is 7.77. The quantitative estimate of drug-likeness (QED) is 0.390. The molecule has 0 bridgehead atoms. The van der Waals surface area contributed by atoms with Crippen molar-refractivity contribution in [3.63, 3.8) is 0 Å². The first-order chi connectivity index (χ1) is 10.3. The summed E-state index contributed by atoms with van der Waals surface area (Å²) in [5.41, 5.74) is 0. The van der Waals surface area contributed by atoms with E-state index in [-0.39, 0.29) is 0 Å². The minimum absolute atomic E-state index is 0.613. The molecule has 1 rings (SSSR count). The van der Waals surface area contributed by atoms with Crippen molar-refractivity contribution >= 4 is 17.9 Å². The van der Waals surface area contributed by atoms with E-state index in [1.165, 1.54) is 27.9 Å². The molecule has 1 saturated heterocycles. The second-order valence-electron chi connectivity index (χ2n) is 4.55. The number of methoxy groups -OCH3 is 1. The van der Waals surface area contributed by atoms with E-state index in [0.717, 1.165) is 0 Å². The Bertz CT molecular complexity index is 480. The Morgan fingerprint density at radius 3 is 2.00 bits per heavy atom. The molecular formula is C14H18O8. The maximum absolute atomic E-state index is 11.3. The zero-order chi connectivity index (χ0) is 16.9. The monoisotopic (exact) mass is 314 g/mol. The van der Waals surface area contributed by atoms with Gasteiger partial charge in [-0.15, -0.1) is 6.42 Å². The first-order valence-electron chi connectivity index (χ1n) is 6.46. The molecular weight excluding hydrogens is 296 g/mol. The van der Waals surface area contributed by atoms with Crippen molar-refractivity contribution in [1.82, 2.24) is 0 Å². The summed E-state index contributed by atoms with van der Waals surface area (Å²) in [5.74, 6) is 0.369. The SMILES string of the molecule is C#CC(OC(C)=O)[C@H]1O[C@H](OC)[C@@H](OC(C)=O)[C@@H]1OC(C)=O. The fourth-order valence-electron chi connectivity index (χ4n) is 2.10. The molecule has 22 heavy (non-hydrogen) atoms. The van der Waals surface area contributed by atoms with E-state index >= 15 is 0 Å². The lowest BCUT2D eigenvalue weighted by molar-refractivity contribution is -0.183. The van der Waals surface area contributed by atoms with Gasteiger partial charge in [0.05, 0.1) is 0 Å². The van der Waals surface area contributed by atoms with E-state index in [1.807, 2.05) is 0 Å². The highest BCUT2D eigenvalue weighted by Gasteiger charge is 2.53. The number of hydrogen-bond acceptors (Lipinski definition) is 8. The summed E-state index contributed by atoms with van der Waals surface area (Å²) < 4.78 is 25.7. The summed E-state index contributed by atoms with van der Waals surface area (Å²) in [7, 11) is 1.32. The first kappa shape index (κ1) is 17.9. The Morgan fingerprint density at radius 1 is 1.05 bits per heavy atom. The lowest BCUT2D eigenvalue weighted by atomic mass is 10.1. The molecule has 0 saturated carbocycles. The van der Waals surface area contributed by atoms with Crippen LogP contribution in [0.1, 0.15) is 20.8 Å². The van der Waals surface area contributed by atoms with E-state index in [0.29, 0.717) is 0 Å². The molecule has 1 unspecified atom stereocenters. The van der Waals surface area contributed by atoms with E-state index in [9.17, 15) is 14.4 Å². The van der Waals surface area contributed by atoms with Gasteiger partial charge in [-0.05, 0) is 0 Å². The van der Waals surface area contributed by atoms with Gasteiger partial charge in [-0.3, -0.25) is 14.4 Å². The van der Waals surface area contributed by atoms with Crippen LogP contribution in [0.2, 0.25) is 0 Å². The van der Waals surface area contributed by atoms with Crippen LogP contribution in [-0.2, 0) is 38.1 Å². The zero-order valence-corrected chi connectivity index (χ0v) is 12.7. The molecule has 5 atom stereocenters. The predicted octanol–water partition coefficient (Wildman–Crippen LogP) is -0.214. The third-order valence-corrected chi connectivity index (χ3v) is 2.80. The van der Waals surface area contributed by atoms with Crippen molar-refractivity contribution < 1.29 is 38.1 Å². The molecule has 0 aromatic carbocycles. The Labute approximate surface area is 128 Å². The van der Waals surface area contributed by atoms with Gasteiger partial charge < -0.3 is 23.7 Å². The molecule has 0 amide bonds. The molecule has 8 nitrogen and oxygen atoms in total. The summed E-state index contributed by atoms with van der Waals surface area (Å²) in [6, 6.07) is 0. The average molecular weight is 314 g/mol. The molecule has 0 aromatic heterocycles. The molecule has 0 aromatic rings. The van der Waals surface area contributed by atoms with Gasteiger partial charge in [-0.2, -0.15) is 0 Å². The molecule has 1 fully saturated rings. The van der Waals surface area contributed by atoms with E-state index in [2.05, 4.69) is 5.92 Å². The number of terminal acetylenes is 1. The predicted molar refractivity (Wildman–Crippen MR) is 71.2 cm³/mol. The van der Waals surface area contributed by atoms with Crippen molar-refractivity contribution in [2.24, 2.45) is 0 Å². The maximum atomic E-state index is 11.3. The van der Waals surface area contributed by atoms with Gasteiger partial charge in [0.2, 0.25) is 0 Å². The van der Waals surface area contributed by atoms with Gasteiger partial charge in [0, 0.05) is 27.9 Å². The van der Waals surface area contributed by atoms with Crippen molar-refractivity contribution in [2.75, 3.05) is 7.11 Å². The molecule has 0 N–H and O–H groups in total. The Balaban J connectivity index is 3.07. The molecule has 0 aliphatic carbocycles. The minimum Gasteiger partial charge on any atom is -0.455 e. The van der Waals surface area contributed by atoms with Crippen LogP contribution in [0.15, 0.2) is 0 Å². The maximum Gasteiger partial charge on any atom is 0.303 e. The Morgan fingerprint density at radius 2 is 1.59 bits per heavy atom. The van der Waals surface area contributed by atoms with Gasteiger partial charge >= 0.3 is 17.9 Å². The van der Waals surface area contributed by atoms with Crippen LogP contribution in [-0.4, -0.2) is 55.7 Å². The van der Waals surface area contributed by atoms with Crippen LogP contribution in [0.4, 0.5) is 0 Å². The summed E-state index contributed by atoms with van der Waals surface area (Å²) in [5, 5.41) is 0. The van der Waals surface area contributed by atoms with E-state index in [4.69, 9.17) is 30.1 Å². The summed E-state index contributed by atoms with van der Waals surface area (Å²) in [6.07, 6.45) is 0.0871. The number of carbonyl (C=O) groups is 3. The van der Waals surface area contributed by atoms with Crippen molar-refractivity contribution in [2.45, 2.75) is 51.5 Å². The van der Waals surface area contributed by atoms with Crippen molar-refractivity contribution in [3.8, 4) is 12.3 Å². The van der Waals surface area contributed by atoms with Gasteiger partial charge in [-0.25, -0.2) is 0 Å². The van der Waals surface area contributed by atoms with Gasteiger partial charge in [-0.1, -0.05) is 5.92 Å². The average Bonchev–Trinajstić information content (AvgIpc) is 2.73. The van der Waals surface area contributed by atoms with Crippen LogP contribution in [0.25, 0.3) is 0 Å². The summed E-state index contributed by atoms with van der Waals surface area (Å²) >= 11 is 0. The van der Waals surface area contributed by atoms with Gasteiger partial charge in [0.25, 0.3) is 0 Å². The smallest absolute Gasteiger partial charge is 0.303 e. The molecule has 122 valence electrons. The Hall–Kier alpha value is -2.11. The normalized spacial score (nSPS) is 28.3. The van der Waals surface area contributed by atoms with E-state index in [1.54, 1.807) is 0 Å². The highest BCUT2D eigenvalue weighted by atomic mass is 16.7. The third-order valence-electron chi connectivity index (χ3n) is 2.80. The van der Waals surface area contributed by atoms with Crippen molar-refractivity contribution in [3.05, 3.63) is 0 Å². The minimum atomic E-state index is -1.12. The zero-order valence-electron chi connectivity index (χ0n) is 12.7. The van der Waals surface area contributed by atoms with E-state index < -0.39 is 48.6 Å². The molecule has 1 aliphatic rings. The molecule has 8 heteroatoms. The van der Waals surface area contributed by atoms with Crippen LogP contribution < -0.4 is 0 Å². The molecule has 0 radical (unpaired) electrons. The van der Waals surface area contributed by atoms with Crippen LogP contribution in [0, 0.1) is 12.3 Å². The van der Waals surface area contributed by atoms with Crippen LogP contribution in [0.3, 0.4) is 0 Å². The Kier molecular flexibility index (Phi) is 6.34. The fourth-order valence-corrected chi connectivity index (χ4v) is 2.10. The number of hydrogen-bond donors (Lipinski definition) is 0. The highest BCUT2D eigenvalue weighted by molar-refractivity contribution is 5.68. The van der Waals surface area contributed by atoms with Gasteiger partial charge in [0.15, 0.2) is 24.6 Å². The number of rotatable bonds is 5. The standard InChI is InChI=1S/C14H18O8/c1-6-10(19-7(2)15)11-12(20-8(3)16)13(21-9(4)17)14(18-5)22-11/h1,10-14H,2-5H3/t10?,11-,12-,13+,14+/m1/s1. The lowest BCUT2D eigenvalue weighted by Gasteiger charge is -2.25. The largest absolute Gasteiger partial charge is 0.455 e. The number of esters is 3. The lowest BCUT2D eigenvalue weighted by Crippen LogP contribution is -2.44. The van der Waals surface area contributed by atoms with Gasteiger partial charge in [0.1, 0.15) is 6.10 Å². The summed E-state index contributed by atoms with van der Waals surface area (Å²) in [6.45, 7) is 3.55. The van der Waals surface area contributed by atoms with Crippen molar-refractivity contribution in [1.29, 1.82) is 0 Å². The third kappa shape index (κ3) is 4.44. The van der Waals surface area contributed by atoms with Crippen LogP contribution >= 0.6 is 0 Å². The number of ether oxygens (including phenoxy) is 5.